The Morgan fingerprint density at radius 3 is 1.91 bits per heavy atom. The Kier molecular flexibility index (Phi) is 5.06. The normalized spacial score (nSPS) is 22.2. The monoisotopic (exact) mass is 309 g/mol. The van der Waals surface area contributed by atoms with Crippen molar-refractivity contribution < 1.29 is 0 Å². The van der Waals surface area contributed by atoms with Gasteiger partial charge in [0.25, 0.3) is 0 Å². The van der Waals surface area contributed by atoms with Crippen molar-refractivity contribution in [1.82, 2.24) is 14.9 Å². The molecule has 3 rings (SSSR count). The lowest BCUT2D eigenvalue weighted by molar-refractivity contribution is 0.0763. The summed E-state index contributed by atoms with van der Waals surface area (Å²) in [5.41, 5.74) is 5.10. The van der Waals surface area contributed by atoms with Gasteiger partial charge >= 0.3 is 0 Å². The van der Waals surface area contributed by atoms with E-state index in [1.807, 2.05) is 24.5 Å². The van der Waals surface area contributed by atoms with E-state index in [1.165, 1.54) is 41.8 Å². The molecule has 0 bridgehead atoms. The van der Waals surface area contributed by atoms with Crippen LogP contribution in [0.4, 0.5) is 0 Å². The SMILES string of the molecule is CCCN1C(c2ncccc2C)CCCC1c1ncccc1C. The molecule has 3 heterocycles. The number of pyridine rings is 2. The Hall–Kier alpha value is -1.74. The van der Waals surface area contributed by atoms with E-state index >= 15 is 0 Å². The van der Waals surface area contributed by atoms with Gasteiger partial charge in [0.1, 0.15) is 0 Å². The molecule has 0 spiro atoms. The van der Waals surface area contributed by atoms with Crippen molar-refractivity contribution >= 4 is 0 Å². The number of likely N-dealkylation sites (tertiary alicyclic amines) is 1. The molecule has 2 aromatic rings. The Labute approximate surface area is 139 Å². The fourth-order valence-corrected chi connectivity index (χ4v) is 3.90. The molecule has 2 aromatic heterocycles. The van der Waals surface area contributed by atoms with Crippen molar-refractivity contribution in [3.05, 3.63) is 59.2 Å². The average molecular weight is 309 g/mol. The molecule has 0 N–H and O–H groups in total. The fraction of sp³-hybridized carbons (Fsp3) is 0.500. The van der Waals surface area contributed by atoms with E-state index in [4.69, 9.17) is 9.97 Å². The van der Waals surface area contributed by atoms with Crippen LogP contribution in [0.25, 0.3) is 0 Å². The summed E-state index contributed by atoms with van der Waals surface area (Å²) in [7, 11) is 0. The number of aryl methyl sites for hydroxylation is 2. The maximum Gasteiger partial charge on any atom is 0.0604 e. The summed E-state index contributed by atoms with van der Waals surface area (Å²) in [6.45, 7) is 7.73. The summed E-state index contributed by atoms with van der Waals surface area (Å²) in [6, 6.07) is 9.26. The van der Waals surface area contributed by atoms with E-state index in [2.05, 4.69) is 37.8 Å². The second kappa shape index (κ2) is 7.22. The molecule has 0 amide bonds. The number of rotatable bonds is 4. The number of aromatic nitrogens is 2. The summed E-state index contributed by atoms with van der Waals surface area (Å²) >= 11 is 0. The van der Waals surface area contributed by atoms with E-state index in [9.17, 15) is 0 Å². The van der Waals surface area contributed by atoms with Gasteiger partial charge in [-0.15, -0.1) is 0 Å². The number of hydrogen-bond acceptors (Lipinski definition) is 3. The zero-order valence-corrected chi connectivity index (χ0v) is 14.5. The van der Waals surface area contributed by atoms with Crippen LogP contribution in [0, 0.1) is 13.8 Å². The third kappa shape index (κ3) is 3.30. The number of nitrogens with zero attached hydrogens (tertiary/aromatic N) is 3. The predicted octanol–water partition coefficient (Wildman–Crippen LogP) is 4.77. The lowest BCUT2D eigenvalue weighted by Gasteiger charge is -2.42. The van der Waals surface area contributed by atoms with E-state index in [0.29, 0.717) is 12.1 Å². The number of hydrogen-bond donors (Lipinski definition) is 0. The smallest absolute Gasteiger partial charge is 0.0604 e. The minimum atomic E-state index is 0.413. The van der Waals surface area contributed by atoms with Crippen LogP contribution in [0.15, 0.2) is 36.7 Å². The van der Waals surface area contributed by atoms with Crippen LogP contribution >= 0.6 is 0 Å². The van der Waals surface area contributed by atoms with Gasteiger partial charge in [0.05, 0.1) is 23.5 Å². The lowest BCUT2D eigenvalue weighted by Crippen LogP contribution is -2.38. The van der Waals surface area contributed by atoms with E-state index < -0.39 is 0 Å². The molecule has 1 fully saturated rings. The third-order valence-electron chi connectivity index (χ3n) is 4.97. The minimum absolute atomic E-state index is 0.413. The van der Waals surface area contributed by atoms with Gasteiger partial charge < -0.3 is 0 Å². The summed E-state index contributed by atoms with van der Waals surface area (Å²) in [4.78, 5) is 12.1. The molecule has 0 saturated carbocycles. The second-order valence-corrected chi connectivity index (χ2v) is 6.61. The second-order valence-electron chi connectivity index (χ2n) is 6.61. The van der Waals surface area contributed by atoms with Crippen LogP contribution < -0.4 is 0 Å². The largest absolute Gasteiger partial charge is 0.286 e. The Bertz CT molecular complexity index is 599. The Morgan fingerprint density at radius 1 is 0.957 bits per heavy atom. The maximum absolute atomic E-state index is 4.72. The van der Waals surface area contributed by atoms with Crippen molar-refractivity contribution in [1.29, 1.82) is 0 Å². The fourth-order valence-electron chi connectivity index (χ4n) is 3.90. The van der Waals surface area contributed by atoms with Crippen molar-refractivity contribution in [3.8, 4) is 0 Å². The van der Waals surface area contributed by atoms with Crippen molar-refractivity contribution in [3.63, 3.8) is 0 Å². The van der Waals surface area contributed by atoms with Gasteiger partial charge in [-0.25, -0.2) is 0 Å². The highest BCUT2D eigenvalue weighted by molar-refractivity contribution is 5.25. The first-order valence-electron chi connectivity index (χ1n) is 8.81. The molecule has 122 valence electrons. The molecule has 0 radical (unpaired) electrons. The molecule has 1 aliphatic rings. The molecular weight excluding hydrogens is 282 g/mol. The van der Waals surface area contributed by atoms with Crippen LogP contribution in [0.2, 0.25) is 0 Å². The van der Waals surface area contributed by atoms with Gasteiger partial charge in [0.2, 0.25) is 0 Å². The Balaban J connectivity index is 1.98. The lowest BCUT2D eigenvalue weighted by atomic mass is 9.88. The number of piperidine rings is 1. The topological polar surface area (TPSA) is 29.0 Å². The first-order chi connectivity index (χ1) is 11.2. The molecule has 23 heavy (non-hydrogen) atoms. The summed E-state index contributed by atoms with van der Waals surface area (Å²) in [5.74, 6) is 0. The molecule has 0 aliphatic carbocycles. The van der Waals surface area contributed by atoms with Crippen LogP contribution in [0.5, 0.6) is 0 Å². The van der Waals surface area contributed by atoms with Crippen LogP contribution in [0.1, 0.15) is 67.2 Å². The van der Waals surface area contributed by atoms with E-state index in [1.54, 1.807) is 0 Å². The molecule has 3 heteroatoms. The van der Waals surface area contributed by atoms with Crippen LogP contribution in [0.3, 0.4) is 0 Å². The van der Waals surface area contributed by atoms with Crippen molar-refractivity contribution in [2.24, 2.45) is 0 Å². The summed E-state index contributed by atoms with van der Waals surface area (Å²) in [6.07, 6.45) is 8.65. The molecule has 2 unspecified atom stereocenters. The van der Waals surface area contributed by atoms with Gasteiger partial charge in [-0.2, -0.15) is 0 Å². The molecule has 2 atom stereocenters. The first kappa shape index (κ1) is 16.1. The highest BCUT2D eigenvalue weighted by Gasteiger charge is 2.34. The van der Waals surface area contributed by atoms with Crippen LogP contribution in [-0.2, 0) is 0 Å². The maximum atomic E-state index is 4.72. The van der Waals surface area contributed by atoms with Crippen molar-refractivity contribution in [2.75, 3.05) is 6.54 Å². The highest BCUT2D eigenvalue weighted by Crippen LogP contribution is 2.41. The zero-order chi connectivity index (χ0) is 16.2. The third-order valence-corrected chi connectivity index (χ3v) is 4.97. The zero-order valence-electron chi connectivity index (χ0n) is 14.5. The van der Waals surface area contributed by atoms with Gasteiger partial charge in [-0.3, -0.25) is 14.9 Å². The molecule has 1 saturated heterocycles. The van der Waals surface area contributed by atoms with Crippen molar-refractivity contribution in [2.45, 2.75) is 58.5 Å². The molecular formula is C20H27N3. The summed E-state index contributed by atoms with van der Waals surface area (Å²) in [5, 5.41) is 0. The summed E-state index contributed by atoms with van der Waals surface area (Å²) < 4.78 is 0. The van der Waals surface area contributed by atoms with Gasteiger partial charge in [0, 0.05) is 12.4 Å². The van der Waals surface area contributed by atoms with Gasteiger partial charge in [-0.05, 0) is 69.3 Å². The average Bonchev–Trinajstić information content (AvgIpc) is 2.57. The quantitative estimate of drug-likeness (QED) is 0.814. The predicted molar refractivity (Wildman–Crippen MR) is 94.3 cm³/mol. The van der Waals surface area contributed by atoms with Crippen LogP contribution in [-0.4, -0.2) is 21.4 Å². The molecule has 1 aliphatic heterocycles. The first-order valence-corrected chi connectivity index (χ1v) is 8.81. The molecule has 3 nitrogen and oxygen atoms in total. The molecule has 0 aromatic carbocycles. The highest BCUT2D eigenvalue weighted by atomic mass is 15.2. The van der Waals surface area contributed by atoms with E-state index in [-0.39, 0.29) is 0 Å². The van der Waals surface area contributed by atoms with Gasteiger partial charge in [0.15, 0.2) is 0 Å². The standard InChI is InChI=1S/C20H27N3/c1-4-14-23-17(19-15(2)8-6-12-21-19)10-5-11-18(23)20-16(3)9-7-13-22-20/h6-9,12-13,17-18H,4-5,10-11,14H2,1-3H3. The van der Waals surface area contributed by atoms with E-state index in [0.717, 1.165) is 13.0 Å². The minimum Gasteiger partial charge on any atom is -0.286 e. The Morgan fingerprint density at radius 2 is 1.48 bits per heavy atom. The van der Waals surface area contributed by atoms with Gasteiger partial charge in [-0.1, -0.05) is 19.1 Å².